The van der Waals surface area contributed by atoms with E-state index in [1.807, 2.05) is 0 Å². The predicted octanol–water partition coefficient (Wildman–Crippen LogP) is 2.85. The molecule has 0 atom stereocenters. The van der Waals surface area contributed by atoms with Crippen LogP contribution < -0.4 is 0 Å². The van der Waals surface area contributed by atoms with E-state index in [0.717, 1.165) is 25.0 Å². The van der Waals surface area contributed by atoms with E-state index in [4.69, 9.17) is 4.74 Å². The van der Waals surface area contributed by atoms with Crippen LogP contribution in [0.15, 0.2) is 0 Å². The van der Waals surface area contributed by atoms with Gasteiger partial charge in [-0.15, -0.1) is 0 Å². The van der Waals surface area contributed by atoms with Gasteiger partial charge in [0.05, 0.1) is 0 Å². The standard InChI is InChI=1S/C10H20O/c1-9(2)6-7-11-8-10-4-3-5-10/h9-10H,3-8H2,1-2H3. The molecule has 0 heterocycles. The molecule has 0 aliphatic heterocycles. The van der Waals surface area contributed by atoms with Crippen LogP contribution in [0.1, 0.15) is 39.5 Å². The third-order valence-corrected chi connectivity index (χ3v) is 2.42. The molecule has 0 saturated heterocycles. The summed E-state index contributed by atoms with van der Waals surface area (Å²) in [6.45, 7) is 6.47. The second-order valence-electron chi connectivity index (χ2n) is 4.05. The molecule has 11 heavy (non-hydrogen) atoms. The van der Waals surface area contributed by atoms with E-state index in [9.17, 15) is 0 Å². The second-order valence-corrected chi connectivity index (χ2v) is 4.05. The molecule has 1 saturated carbocycles. The minimum atomic E-state index is 0.788. The fraction of sp³-hybridized carbons (Fsp3) is 1.00. The largest absolute Gasteiger partial charge is 0.381 e. The highest BCUT2D eigenvalue weighted by molar-refractivity contribution is 4.68. The molecule has 0 unspecified atom stereocenters. The molecular weight excluding hydrogens is 136 g/mol. The van der Waals surface area contributed by atoms with E-state index in [-0.39, 0.29) is 0 Å². The molecule has 1 heteroatoms. The molecular formula is C10H20O. The summed E-state index contributed by atoms with van der Waals surface area (Å²) in [6, 6.07) is 0. The zero-order valence-corrected chi connectivity index (χ0v) is 7.81. The number of rotatable bonds is 5. The molecule has 0 aromatic carbocycles. The van der Waals surface area contributed by atoms with E-state index < -0.39 is 0 Å². The van der Waals surface area contributed by atoms with E-state index in [2.05, 4.69) is 13.8 Å². The van der Waals surface area contributed by atoms with Crippen LogP contribution in [0.3, 0.4) is 0 Å². The Morgan fingerprint density at radius 1 is 1.36 bits per heavy atom. The fourth-order valence-electron chi connectivity index (χ4n) is 1.23. The van der Waals surface area contributed by atoms with Gasteiger partial charge in [0.25, 0.3) is 0 Å². The maximum Gasteiger partial charge on any atom is 0.0494 e. The van der Waals surface area contributed by atoms with Gasteiger partial charge in [0, 0.05) is 13.2 Å². The maximum atomic E-state index is 5.55. The molecule has 1 fully saturated rings. The monoisotopic (exact) mass is 156 g/mol. The molecule has 1 aliphatic carbocycles. The van der Waals surface area contributed by atoms with Crippen molar-refractivity contribution in [1.29, 1.82) is 0 Å². The molecule has 1 aliphatic rings. The molecule has 1 nitrogen and oxygen atoms in total. The second kappa shape index (κ2) is 4.76. The van der Waals surface area contributed by atoms with Gasteiger partial charge in [-0.1, -0.05) is 20.3 Å². The summed E-state index contributed by atoms with van der Waals surface area (Å²) < 4.78 is 5.55. The lowest BCUT2D eigenvalue weighted by molar-refractivity contribution is 0.0641. The summed E-state index contributed by atoms with van der Waals surface area (Å²) >= 11 is 0. The van der Waals surface area contributed by atoms with Crippen molar-refractivity contribution in [2.75, 3.05) is 13.2 Å². The zero-order chi connectivity index (χ0) is 8.10. The molecule has 0 bridgehead atoms. The topological polar surface area (TPSA) is 9.23 Å². The smallest absolute Gasteiger partial charge is 0.0494 e. The molecule has 66 valence electrons. The minimum Gasteiger partial charge on any atom is -0.381 e. The van der Waals surface area contributed by atoms with Crippen LogP contribution in [0.5, 0.6) is 0 Å². The van der Waals surface area contributed by atoms with Crippen molar-refractivity contribution in [3.63, 3.8) is 0 Å². The van der Waals surface area contributed by atoms with Crippen LogP contribution in [0.25, 0.3) is 0 Å². The van der Waals surface area contributed by atoms with Crippen LogP contribution >= 0.6 is 0 Å². The quantitative estimate of drug-likeness (QED) is 0.556. The highest BCUT2D eigenvalue weighted by atomic mass is 16.5. The average molecular weight is 156 g/mol. The van der Waals surface area contributed by atoms with Crippen LogP contribution in [-0.2, 0) is 4.74 Å². The Kier molecular flexibility index (Phi) is 3.92. The lowest BCUT2D eigenvalue weighted by Gasteiger charge is -2.24. The van der Waals surface area contributed by atoms with Gasteiger partial charge in [-0.25, -0.2) is 0 Å². The van der Waals surface area contributed by atoms with Crippen molar-refractivity contribution in [1.82, 2.24) is 0 Å². The van der Waals surface area contributed by atoms with Crippen molar-refractivity contribution in [3.05, 3.63) is 0 Å². The van der Waals surface area contributed by atoms with Gasteiger partial charge >= 0.3 is 0 Å². The van der Waals surface area contributed by atoms with E-state index in [1.54, 1.807) is 0 Å². The fourth-order valence-corrected chi connectivity index (χ4v) is 1.23. The van der Waals surface area contributed by atoms with Crippen molar-refractivity contribution in [3.8, 4) is 0 Å². The van der Waals surface area contributed by atoms with E-state index in [1.165, 1.54) is 25.7 Å². The molecule has 0 spiro atoms. The summed E-state index contributed by atoms with van der Waals surface area (Å²) in [4.78, 5) is 0. The Bertz CT molecular complexity index is 95.0. The Morgan fingerprint density at radius 3 is 2.55 bits per heavy atom. The highest BCUT2D eigenvalue weighted by Gasteiger charge is 2.16. The SMILES string of the molecule is CC(C)CCOCC1CCC1. The number of hydrogen-bond acceptors (Lipinski definition) is 1. The average Bonchev–Trinajstić information content (AvgIpc) is 1.82. The van der Waals surface area contributed by atoms with E-state index >= 15 is 0 Å². The summed E-state index contributed by atoms with van der Waals surface area (Å²) in [7, 11) is 0. The summed E-state index contributed by atoms with van der Waals surface area (Å²) in [5.41, 5.74) is 0. The minimum absolute atomic E-state index is 0.788. The first kappa shape index (κ1) is 9.05. The van der Waals surface area contributed by atoms with Crippen molar-refractivity contribution >= 4 is 0 Å². The van der Waals surface area contributed by atoms with Crippen molar-refractivity contribution in [2.24, 2.45) is 11.8 Å². The van der Waals surface area contributed by atoms with Crippen molar-refractivity contribution in [2.45, 2.75) is 39.5 Å². The van der Waals surface area contributed by atoms with Crippen LogP contribution in [0.2, 0.25) is 0 Å². The van der Waals surface area contributed by atoms with Crippen LogP contribution in [-0.4, -0.2) is 13.2 Å². The lowest BCUT2D eigenvalue weighted by Crippen LogP contribution is -2.18. The Morgan fingerprint density at radius 2 is 2.09 bits per heavy atom. The van der Waals surface area contributed by atoms with Gasteiger partial charge < -0.3 is 4.74 Å². The Balaban J connectivity index is 1.80. The van der Waals surface area contributed by atoms with Crippen LogP contribution in [0, 0.1) is 11.8 Å². The Hall–Kier alpha value is -0.0400. The lowest BCUT2D eigenvalue weighted by atomic mass is 9.86. The molecule has 0 amide bonds. The molecule has 0 aromatic heterocycles. The Labute approximate surface area is 70.1 Å². The third kappa shape index (κ3) is 3.76. The maximum absolute atomic E-state index is 5.55. The predicted molar refractivity (Wildman–Crippen MR) is 47.6 cm³/mol. The first-order valence-corrected chi connectivity index (χ1v) is 4.87. The van der Waals surface area contributed by atoms with Gasteiger partial charge in [0.2, 0.25) is 0 Å². The first-order chi connectivity index (χ1) is 5.29. The van der Waals surface area contributed by atoms with Gasteiger partial charge in [0.15, 0.2) is 0 Å². The van der Waals surface area contributed by atoms with Crippen LogP contribution in [0.4, 0.5) is 0 Å². The number of ether oxygens (including phenoxy) is 1. The van der Waals surface area contributed by atoms with Gasteiger partial charge in [-0.3, -0.25) is 0 Å². The molecule has 0 aromatic rings. The van der Waals surface area contributed by atoms with E-state index in [0.29, 0.717) is 0 Å². The van der Waals surface area contributed by atoms with Gasteiger partial charge in [-0.05, 0) is 31.1 Å². The molecule has 1 rings (SSSR count). The molecule has 0 N–H and O–H groups in total. The normalized spacial score (nSPS) is 18.8. The highest BCUT2D eigenvalue weighted by Crippen LogP contribution is 2.26. The summed E-state index contributed by atoms with van der Waals surface area (Å²) in [5.74, 6) is 1.69. The molecule has 0 radical (unpaired) electrons. The van der Waals surface area contributed by atoms with Gasteiger partial charge in [-0.2, -0.15) is 0 Å². The first-order valence-electron chi connectivity index (χ1n) is 4.87. The third-order valence-electron chi connectivity index (χ3n) is 2.42. The van der Waals surface area contributed by atoms with Gasteiger partial charge in [0.1, 0.15) is 0 Å². The van der Waals surface area contributed by atoms with Crippen molar-refractivity contribution < 1.29 is 4.74 Å². The zero-order valence-electron chi connectivity index (χ0n) is 7.81. The summed E-state index contributed by atoms with van der Waals surface area (Å²) in [5, 5.41) is 0. The number of hydrogen-bond donors (Lipinski definition) is 0. The summed E-state index contributed by atoms with van der Waals surface area (Å²) in [6.07, 6.45) is 5.45.